The van der Waals surface area contributed by atoms with E-state index in [1.54, 1.807) is 10.9 Å². The van der Waals surface area contributed by atoms with Gasteiger partial charge in [0.2, 0.25) is 5.91 Å². The molecule has 0 fully saturated rings. The van der Waals surface area contributed by atoms with Gasteiger partial charge in [-0.1, -0.05) is 21.3 Å². The number of aryl methyl sites for hydroxylation is 3. The van der Waals surface area contributed by atoms with Crippen LogP contribution in [0.25, 0.3) is 0 Å². The monoisotopic (exact) mass is 488 g/mol. The summed E-state index contributed by atoms with van der Waals surface area (Å²) in [4.78, 5) is 23.2. The summed E-state index contributed by atoms with van der Waals surface area (Å²) >= 11 is 0. The first-order valence-corrected chi connectivity index (χ1v) is 11.1. The van der Waals surface area contributed by atoms with Gasteiger partial charge in [-0.3, -0.25) is 19.4 Å². The quantitative estimate of drug-likeness (QED) is 0.535. The van der Waals surface area contributed by atoms with Gasteiger partial charge in [-0.2, -0.15) is 18.3 Å². The van der Waals surface area contributed by atoms with Gasteiger partial charge >= 0.3 is 6.18 Å². The van der Waals surface area contributed by atoms with Crippen LogP contribution in [0, 0.1) is 12.8 Å². The number of fused-ring (bicyclic) bond motifs is 1. The molecule has 0 bridgehead atoms. The highest BCUT2D eigenvalue weighted by Gasteiger charge is 2.34. The van der Waals surface area contributed by atoms with Gasteiger partial charge in [0, 0.05) is 25.1 Å². The van der Waals surface area contributed by atoms with Gasteiger partial charge in [0.05, 0.1) is 41.1 Å². The van der Waals surface area contributed by atoms with Crippen molar-refractivity contribution in [3.8, 4) is 0 Å². The molecule has 7 nitrogen and oxygen atoms in total. The maximum atomic E-state index is 12.9. The van der Waals surface area contributed by atoms with Crippen molar-refractivity contribution in [2.24, 2.45) is 5.92 Å². The van der Waals surface area contributed by atoms with E-state index in [0.29, 0.717) is 18.5 Å². The van der Waals surface area contributed by atoms with Crippen LogP contribution in [0.1, 0.15) is 49.5 Å². The van der Waals surface area contributed by atoms with E-state index in [2.05, 4.69) is 20.4 Å². The summed E-state index contributed by atoms with van der Waals surface area (Å²) in [5.41, 5.74) is 3.88. The molecule has 0 aromatic carbocycles. The third-order valence-electron chi connectivity index (χ3n) is 6.00. The molecule has 3 aromatic rings. The molecule has 0 unspecified atom stereocenters. The Kier molecular flexibility index (Phi) is 7.52. The molecule has 0 radical (unpaired) electrons. The van der Waals surface area contributed by atoms with E-state index in [9.17, 15) is 18.0 Å². The zero-order valence-corrected chi connectivity index (χ0v) is 19.5. The van der Waals surface area contributed by atoms with E-state index >= 15 is 0 Å². The molecule has 3 aromatic heterocycles. The smallest absolute Gasteiger partial charge is 0.361 e. The predicted molar refractivity (Wildman–Crippen MR) is 129 cm³/mol. The number of carbonyl (C=O) groups excluding carboxylic acids is 1. The van der Waals surface area contributed by atoms with Gasteiger partial charge in [0.15, 0.2) is 0 Å². The molecular weight excluding hydrogens is 457 g/mol. The van der Waals surface area contributed by atoms with Crippen molar-refractivity contribution < 1.29 is 18.0 Å². The van der Waals surface area contributed by atoms with Crippen LogP contribution < -0.4 is 10.2 Å². The molecule has 1 amide bonds. The maximum absolute atomic E-state index is 12.9. The van der Waals surface area contributed by atoms with Crippen molar-refractivity contribution in [2.45, 2.75) is 59.8 Å². The van der Waals surface area contributed by atoms with Crippen LogP contribution in [-0.4, -0.2) is 38.7 Å². The fourth-order valence-corrected chi connectivity index (χ4v) is 4.35. The molecule has 1 N–H and O–H groups in total. The Hall–Kier alpha value is -3.43. The first kappa shape index (κ1) is 26.2. The van der Waals surface area contributed by atoms with Gasteiger partial charge in [-0.15, -0.1) is 0 Å². The standard InChI is InChI=1S/C24H27F3N6O.CH4/c1-14(2)22-23(34)31-21-15(3)30-18(10-20(21)32(22)4)6-5-16-11-29-33(12-16)13-19-9-17(7-8-28-19)24(25,26)27;/h7-12,14,22H,5-6,13H2,1-4H3,(H,31,34);1H4/t22-;/m0./s1. The summed E-state index contributed by atoms with van der Waals surface area (Å²) < 4.78 is 40.4. The highest BCUT2D eigenvalue weighted by atomic mass is 19.4. The molecule has 188 valence electrons. The molecule has 35 heavy (non-hydrogen) atoms. The lowest BCUT2D eigenvalue weighted by Crippen LogP contribution is -2.49. The average molecular weight is 489 g/mol. The lowest BCUT2D eigenvalue weighted by Gasteiger charge is -2.38. The van der Waals surface area contributed by atoms with Crippen LogP contribution in [0.2, 0.25) is 0 Å². The SMILES string of the molecule is C.Cc1nc(CCc2cnn(Cc3cc(C(F)(F)F)ccn3)c2)cc2c1NC(=O)[C@H](C(C)C)N2C. The number of carbonyl (C=O) groups is 1. The lowest BCUT2D eigenvalue weighted by atomic mass is 9.97. The Morgan fingerprint density at radius 3 is 2.60 bits per heavy atom. The second kappa shape index (κ2) is 10.1. The first-order valence-electron chi connectivity index (χ1n) is 11.1. The normalized spacial score (nSPS) is 15.6. The van der Waals surface area contributed by atoms with Crippen molar-refractivity contribution in [2.75, 3.05) is 17.3 Å². The summed E-state index contributed by atoms with van der Waals surface area (Å²) in [5, 5.41) is 7.27. The van der Waals surface area contributed by atoms with E-state index < -0.39 is 11.7 Å². The van der Waals surface area contributed by atoms with Crippen LogP contribution >= 0.6 is 0 Å². The van der Waals surface area contributed by atoms with Crippen molar-refractivity contribution in [1.29, 1.82) is 0 Å². The van der Waals surface area contributed by atoms with E-state index in [1.165, 1.54) is 0 Å². The summed E-state index contributed by atoms with van der Waals surface area (Å²) in [7, 11) is 1.93. The minimum absolute atomic E-state index is 0. The first-order chi connectivity index (χ1) is 16.0. The number of hydrogen-bond acceptors (Lipinski definition) is 5. The number of likely N-dealkylation sites (N-methyl/N-ethyl adjacent to an activating group) is 1. The third kappa shape index (κ3) is 5.63. The Bertz CT molecular complexity index is 1200. The van der Waals surface area contributed by atoms with Gasteiger partial charge in [-0.25, -0.2) is 0 Å². The highest BCUT2D eigenvalue weighted by molar-refractivity contribution is 6.04. The average Bonchev–Trinajstić information content (AvgIpc) is 3.20. The van der Waals surface area contributed by atoms with Crippen LogP contribution in [-0.2, 0) is 30.4 Å². The Balaban J connectivity index is 0.00000342. The summed E-state index contributed by atoms with van der Waals surface area (Å²) in [6, 6.07) is 3.76. The number of pyridine rings is 2. The lowest BCUT2D eigenvalue weighted by molar-refractivity contribution is -0.137. The van der Waals surface area contributed by atoms with Crippen molar-refractivity contribution in [3.05, 3.63) is 65.0 Å². The molecular formula is C25H31F3N6O. The summed E-state index contributed by atoms with van der Waals surface area (Å²) in [6.07, 6.45) is 1.62. The Morgan fingerprint density at radius 1 is 1.17 bits per heavy atom. The van der Waals surface area contributed by atoms with Crippen LogP contribution in [0.5, 0.6) is 0 Å². The Morgan fingerprint density at radius 2 is 1.91 bits per heavy atom. The molecule has 0 aliphatic carbocycles. The summed E-state index contributed by atoms with van der Waals surface area (Å²) in [5.74, 6) is 0.137. The number of anilines is 2. The number of amides is 1. The van der Waals surface area contributed by atoms with Crippen LogP contribution in [0.4, 0.5) is 24.5 Å². The molecule has 0 spiro atoms. The van der Waals surface area contributed by atoms with Gasteiger partial charge < -0.3 is 10.2 Å². The molecule has 0 saturated heterocycles. The van der Waals surface area contributed by atoms with Gasteiger partial charge in [0.1, 0.15) is 6.04 Å². The zero-order valence-electron chi connectivity index (χ0n) is 19.5. The van der Waals surface area contributed by atoms with Crippen molar-refractivity contribution >= 4 is 17.3 Å². The molecule has 4 rings (SSSR count). The molecule has 4 heterocycles. The topological polar surface area (TPSA) is 75.9 Å². The molecule has 1 atom stereocenters. The fraction of sp³-hybridized carbons (Fsp3) is 0.440. The van der Waals surface area contributed by atoms with E-state index in [-0.39, 0.29) is 31.8 Å². The molecule has 1 aliphatic heterocycles. The van der Waals surface area contributed by atoms with Crippen LogP contribution in [0.15, 0.2) is 36.8 Å². The molecule has 1 aliphatic rings. The minimum Gasteiger partial charge on any atom is -0.361 e. The van der Waals surface area contributed by atoms with Gasteiger partial charge in [0.25, 0.3) is 0 Å². The highest BCUT2D eigenvalue weighted by Crippen LogP contribution is 2.35. The third-order valence-corrected chi connectivity index (χ3v) is 6.00. The number of rotatable bonds is 6. The number of nitrogens with zero attached hydrogens (tertiary/aromatic N) is 5. The Labute approximate surface area is 203 Å². The maximum Gasteiger partial charge on any atom is 0.416 e. The second-order valence-electron chi connectivity index (χ2n) is 8.96. The zero-order chi connectivity index (χ0) is 24.6. The number of aromatic nitrogens is 4. The van der Waals surface area contributed by atoms with E-state index in [1.807, 2.05) is 45.0 Å². The number of halogens is 3. The van der Waals surface area contributed by atoms with E-state index in [0.717, 1.165) is 46.7 Å². The largest absolute Gasteiger partial charge is 0.416 e. The number of alkyl halides is 3. The predicted octanol–water partition coefficient (Wildman–Crippen LogP) is 4.88. The van der Waals surface area contributed by atoms with Gasteiger partial charge in [-0.05, 0) is 49.4 Å². The second-order valence-corrected chi connectivity index (χ2v) is 8.96. The van der Waals surface area contributed by atoms with Crippen molar-refractivity contribution in [3.63, 3.8) is 0 Å². The van der Waals surface area contributed by atoms with Crippen LogP contribution in [0.3, 0.4) is 0 Å². The minimum atomic E-state index is -4.40. The van der Waals surface area contributed by atoms with Crippen molar-refractivity contribution in [1.82, 2.24) is 19.7 Å². The number of hydrogen-bond donors (Lipinski definition) is 1. The number of nitrogens with one attached hydrogen (secondary N) is 1. The molecule has 10 heteroatoms. The van der Waals surface area contributed by atoms with E-state index in [4.69, 9.17) is 0 Å². The molecule has 0 saturated carbocycles. The fourth-order valence-electron chi connectivity index (χ4n) is 4.35. The summed E-state index contributed by atoms with van der Waals surface area (Å²) in [6.45, 7) is 6.08.